The van der Waals surface area contributed by atoms with Crippen LogP contribution in [0.4, 0.5) is 5.00 Å². The van der Waals surface area contributed by atoms with Crippen LogP contribution in [0.5, 0.6) is 17.2 Å². The van der Waals surface area contributed by atoms with Crippen LogP contribution in [0.1, 0.15) is 27.6 Å². The van der Waals surface area contributed by atoms with Crippen LogP contribution < -0.4 is 19.5 Å². The molecule has 0 aliphatic carbocycles. The molecule has 0 fully saturated rings. The molecule has 0 aliphatic rings. The molecule has 0 bridgehead atoms. The maximum absolute atomic E-state index is 12.5. The lowest BCUT2D eigenvalue weighted by Crippen LogP contribution is -2.22. The van der Waals surface area contributed by atoms with Crippen LogP contribution in [0, 0.1) is 0 Å². The number of carbonyl (C=O) groups excluding carboxylic acids is 3. The van der Waals surface area contributed by atoms with E-state index < -0.39 is 24.5 Å². The summed E-state index contributed by atoms with van der Waals surface area (Å²) in [6.45, 7) is 1.25. The van der Waals surface area contributed by atoms with Gasteiger partial charge in [0.15, 0.2) is 18.1 Å². The van der Waals surface area contributed by atoms with Crippen molar-refractivity contribution in [3.8, 4) is 28.6 Å². The highest BCUT2D eigenvalue weighted by Crippen LogP contribution is 2.38. The summed E-state index contributed by atoms with van der Waals surface area (Å²) in [5.74, 6) is -0.728. The highest BCUT2D eigenvalue weighted by atomic mass is 32.1. The number of esters is 2. The number of ether oxygens (including phenoxy) is 5. The number of hydrogen-bond acceptors (Lipinski definition) is 10. The summed E-state index contributed by atoms with van der Waals surface area (Å²) >= 11 is 1.12. The molecule has 0 saturated heterocycles. The molecule has 2 aromatic heterocycles. The van der Waals surface area contributed by atoms with Gasteiger partial charge < -0.3 is 33.4 Å². The minimum Gasteiger partial charge on any atom is -0.493 e. The van der Waals surface area contributed by atoms with Crippen LogP contribution in [-0.4, -0.2) is 52.4 Å². The van der Waals surface area contributed by atoms with Gasteiger partial charge in [-0.25, -0.2) is 9.59 Å². The number of amides is 1. The van der Waals surface area contributed by atoms with Crippen LogP contribution in [0.3, 0.4) is 0 Å². The van der Waals surface area contributed by atoms with Gasteiger partial charge in [0, 0.05) is 10.9 Å². The molecule has 1 aromatic carbocycles. The van der Waals surface area contributed by atoms with Gasteiger partial charge in [0.25, 0.3) is 5.91 Å². The minimum atomic E-state index is -0.775. The fourth-order valence-electron chi connectivity index (χ4n) is 3.05. The van der Waals surface area contributed by atoms with E-state index in [1.807, 2.05) is 0 Å². The number of carbonyl (C=O) groups is 3. The molecule has 180 valence electrons. The number of rotatable bonds is 10. The minimum absolute atomic E-state index is 0.103. The standard InChI is InChI=1S/C23H23NO9S/c1-5-31-23(27)19-14(15-7-6-8-32-15)12-34-21(19)24-18(25)11-33-22(26)13-9-16(28-2)20(30-4)17(10-13)29-3/h6-10,12H,5,11H2,1-4H3,(H,24,25). The van der Waals surface area contributed by atoms with E-state index in [0.29, 0.717) is 17.1 Å². The van der Waals surface area contributed by atoms with E-state index in [0.717, 1.165) is 11.3 Å². The SMILES string of the molecule is CCOC(=O)c1c(-c2ccco2)csc1NC(=O)COC(=O)c1cc(OC)c(OC)c(OC)c1. The van der Waals surface area contributed by atoms with E-state index in [1.54, 1.807) is 24.4 Å². The summed E-state index contributed by atoms with van der Waals surface area (Å²) in [7, 11) is 4.27. The van der Waals surface area contributed by atoms with E-state index in [9.17, 15) is 14.4 Å². The molecule has 1 N–H and O–H groups in total. The van der Waals surface area contributed by atoms with Gasteiger partial charge in [-0.15, -0.1) is 11.3 Å². The molecule has 2 heterocycles. The second-order valence-electron chi connectivity index (χ2n) is 6.59. The molecule has 0 saturated carbocycles. The Bertz CT molecular complexity index is 1140. The molecular formula is C23H23NO9S. The zero-order chi connectivity index (χ0) is 24.7. The van der Waals surface area contributed by atoms with Gasteiger partial charge in [-0.3, -0.25) is 4.79 Å². The van der Waals surface area contributed by atoms with Gasteiger partial charge in [-0.1, -0.05) is 0 Å². The van der Waals surface area contributed by atoms with Gasteiger partial charge in [0.05, 0.1) is 39.8 Å². The maximum Gasteiger partial charge on any atom is 0.341 e. The second-order valence-corrected chi connectivity index (χ2v) is 7.47. The number of anilines is 1. The first kappa shape index (κ1) is 24.6. The average Bonchev–Trinajstić information content (AvgIpc) is 3.51. The second kappa shape index (κ2) is 11.2. The summed E-state index contributed by atoms with van der Waals surface area (Å²) in [5, 5.41) is 4.51. The largest absolute Gasteiger partial charge is 0.493 e. The fourth-order valence-corrected chi connectivity index (χ4v) is 4.00. The number of nitrogens with one attached hydrogen (secondary N) is 1. The van der Waals surface area contributed by atoms with E-state index in [1.165, 1.54) is 39.7 Å². The van der Waals surface area contributed by atoms with Crippen molar-refractivity contribution in [1.82, 2.24) is 0 Å². The number of benzene rings is 1. The van der Waals surface area contributed by atoms with Gasteiger partial charge in [-0.2, -0.15) is 0 Å². The van der Waals surface area contributed by atoms with Crippen LogP contribution in [-0.2, 0) is 14.3 Å². The lowest BCUT2D eigenvalue weighted by molar-refractivity contribution is -0.119. The molecule has 0 atom stereocenters. The molecule has 0 spiro atoms. The maximum atomic E-state index is 12.5. The molecule has 11 heteroatoms. The Morgan fingerprint density at radius 1 is 1.00 bits per heavy atom. The summed E-state index contributed by atoms with van der Waals surface area (Å²) in [6, 6.07) is 6.20. The van der Waals surface area contributed by atoms with Gasteiger partial charge in [0.2, 0.25) is 5.75 Å². The predicted molar refractivity (Wildman–Crippen MR) is 123 cm³/mol. The Morgan fingerprint density at radius 2 is 1.71 bits per heavy atom. The zero-order valence-electron chi connectivity index (χ0n) is 19.0. The molecule has 34 heavy (non-hydrogen) atoms. The van der Waals surface area contributed by atoms with E-state index >= 15 is 0 Å². The van der Waals surface area contributed by atoms with E-state index in [2.05, 4.69) is 5.32 Å². The predicted octanol–water partition coefficient (Wildman–Crippen LogP) is 4.01. The van der Waals surface area contributed by atoms with Crippen LogP contribution in [0.2, 0.25) is 0 Å². The molecule has 0 aliphatic heterocycles. The van der Waals surface area contributed by atoms with Crippen molar-refractivity contribution < 1.29 is 42.5 Å². The smallest absolute Gasteiger partial charge is 0.341 e. The topological polar surface area (TPSA) is 123 Å². The number of methoxy groups -OCH3 is 3. The Morgan fingerprint density at radius 3 is 2.26 bits per heavy atom. The molecule has 0 unspecified atom stereocenters. The van der Waals surface area contributed by atoms with Crippen molar-refractivity contribution in [2.75, 3.05) is 39.9 Å². The van der Waals surface area contributed by atoms with Gasteiger partial charge in [0.1, 0.15) is 16.3 Å². The third kappa shape index (κ3) is 5.31. The number of thiophene rings is 1. The lowest BCUT2D eigenvalue weighted by atomic mass is 10.1. The first-order chi connectivity index (χ1) is 16.4. The zero-order valence-corrected chi connectivity index (χ0v) is 19.8. The first-order valence-corrected chi connectivity index (χ1v) is 10.9. The molecular weight excluding hydrogens is 466 g/mol. The summed E-state index contributed by atoms with van der Waals surface area (Å²) in [4.78, 5) is 37.5. The Kier molecular flexibility index (Phi) is 8.14. The molecule has 3 aromatic rings. The highest BCUT2D eigenvalue weighted by molar-refractivity contribution is 7.15. The monoisotopic (exact) mass is 489 g/mol. The van der Waals surface area contributed by atoms with Crippen molar-refractivity contribution >= 4 is 34.2 Å². The van der Waals surface area contributed by atoms with Gasteiger partial charge >= 0.3 is 11.9 Å². The number of furan rings is 1. The Hall–Kier alpha value is -3.99. The summed E-state index contributed by atoms with van der Waals surface area (Å²) in [5.41, 5.74) is 0.745. The molecule has 10 nitrogen and oxygen atoms in total. The normalized spacial score (nSPS) is 10.4. The third-order valence-electron chi connectivity index (χ3n) is 4.54. The Balaban J connectivity index is 1.73. The van der Waals surface area contributed by atoms with Crippen molar-refractivity contribution in [2.45, 2.75) is 6.92 Å². The average molecular weight is 490 g/mol. The highest BCUT2D eigenvalue weighted by Gasteiger charge is 2.25. The first-order valence-electron chi connectivity index (χ1n) is 10.0. The fraction of sp³-hybridized carbons (Fsp3) is 0.261. The van der Waals surface area contributed by atoms with Crippen LogP contribution in [0.25, 0.3) is 11.3 Å². The van der Waals surface area contributed by atoms with Crippen molar-refractivity contribution in [2.24, 2.45) is 0 Å². The Labute approximate surface area is 199 Å². The van der Waals surface area contributed by atoms with E-state index in [4.69, 9.17) is 28.1 Å². The summed E-state index contributed by atoms with van der Waals surface area (Å²) < 4.78 is 31.3. The van der Waals surface area contributed by atoms with Crippen molar-refractivity contribution in [3.05, 3.63) is 47.0 Å². The summed E-state index contributed by atoms with van der Waals surface area (Å²) in [6.07, 6.45) is 1.47. The lowest BCUT2D eigenvalue weighted by Gasteiger charge is -2.13. The molecule has 3 rings (SSSR count). The quantitative estimate of drug-likeness (QED) is 0.421. The van der Waals surface area contributed by atoms with Crippen LogP contribution >= 0.6 is 11.3 Å². The number of hydrogen-bond donors (Lipinski definition) is 1. The molecule has 1 amide bonds. The van der Waals surface area contributed by atoms with Crippen molar-refractivity contribution in [3.63, 3.8) is 0 Å². The van der Waals surface area contributed by atoms with E-state index in [-0.39, 0.29) is 34.2 Å². The van der Waals surface area contributed by atoms with Crippen molar-refractivity contribution in [1.29, 1.82) is 0 Å². The van der Waals surface area contributed by atoms with Crippen LogP contribution in [0.15, 0.2) is 40.3 Å². The third-order valence-corrected chi connectivity index (χ3v) is 5.44. The molecule has 0 radical (unpaired) electrons. The van der Waals surface area contributed by atoms with Gasteiger partial charge in [-0.05, 0) is 31.2 Å².